The normalized spacial score (nSPS) is 13.7. The Morgan fingerprint density at radius 2 is 2.00 bits per heavy atom. The molecule has 0 unspecified atom stereocenters. The molecule has 1 aliphatic heterocycles. The zero-order chi connectivity index (χ0) is 17.2. The average molecular weight is 354 g/mol. The van der Waals surface area contributed by atoms with Crippen molar-refractivity contribution in [1.82, 2.24) is 15.1 Å². The topological polar surface area (TPSA) is 58.2 Å². The molecule has 1 aliphatic rings. The third-order valence-electron chi connectivity index (χ3n) is 4.23. The number of nitrogens with zero attached hydrogens (tertiary/aromatic N) is 2. The molecule has 0 saturated heterocycles. The number of ether oxygens (including phenoxy) is 1. The van der Waals surface area contributed by atoms with Crippen molar-refractivity contribution in [3.05, 3.63) is 70.9 Å². The van der Waals surface area contributed by atoms with Gasteiger partial charge in [0.2, 0.25) is 0 Å². The lowest BCUT2D eigenvalue weighted by molar-refractivity contribution is 0.0733. The summed E-state index contributed by atoms with van der Waals surface area (Å²) in [6, 6.07) is 14.9. The molecule has 4 rings (SSSR count). The van der Waals surface area contributed by atoms with Crippen LogP contribution in [-0.2, 0) is 6.54 Å². The highest BCUT2D eigenvalue weighted by atomic mass is 35.5. The van der Waals surface area contributed by atoms with Gasteiger partial charge in [-0.1, -0.05) is 23.7 Å². The molecule has 0 aliphatic carbocycles. The van der Waals surface area contributed by atoms with Gasteiger partial charge in [-0.3, -0.25) is 9.89 Å². The highest BCUT2D eigenvalue weighted by molar-refractivity contribution is 6.30. The van der Waals surface area contributed by atoms with Crippen LogP contribution in [0.25, 0.3) is 11.3 Å². The molecule has 25 heavy (non-hydrogen) atoms. The molecule has 0 radical (unpaired) electrons. The fraction of sp³-hybridized carbons (Fsp3) is 0.158. The second-order valence-electron chi connectivity index (χ2n) is 5.87. The minimum atomic E-state index is -0.0208. The van der Waals surface area contributed by atoms with Crippen LogP contribution in [0, 0.1) is 0 Å². The summed E-state index contributed by atoms with van der Waals surface area (Å²) < 4.78 is 5.72. The SMILES string of the molecule is O=C(c1ccc(-c2ccn[nH]2)cc1)N1CCOc2ccc(Cl)cc2C1. The fourth-order valence-electron chi connectivity index (χ4n) is 2.93. The van der Waals surface area contributed by atoms with E-state index in [2.05, 4.69) is 10.2 Å². The van der Waals surface area contributed by atoms with Gasteiger partial charge in [0.15, 0.2) is 0 Å². The molecule has 0 spiro atoms. The van der Waals surface area contributed by atoms with Crippen molar-refractivity contribution in [2.24, 2.45) is 0 Å². The number of hydrogen-bond acceptors (Lipinski definition) is 3. The monoisotopic (exact) mass is 353 g/mol. The van der Waals surface area contributed by atoms with Gasteiger partial charge < -0.3 is 9.64 Å². The van der Waals surface area contributed by atoms with Crippen LogP contribution in [0.4, 0.5) is 0 Å². The van der Waals surface area contributed by atoms with Crippen LogP contribution in [0.2, 0.25) is 5.02 Å². The Bertz CT molecular complexity index is 892. The van der Waals surface area contributed by atoms with E-state index in [0.29, 0.717) is 30.3 Å². The predicted molar refractivity (Wildman–Crippen MR) is 95.7 cm³/mol. The number of H-pyrrole nitrogens is 1. The zero-order valence-corrected chi connectivity index (χ0v) is 14.2. The Kier molecular flexibility index (Phi) is 4.15. The average Bonchev–Trinajstić information content (AvgIpc) is 3.09. The smallest absolute Gasteiger partial charge is 0.254 e. The molecule has 2 heterocycles. The Hall–Kier alpha value is -2.79. The maximum Gasteiger partial charge on any atom is 0.254 e. The minimum Gasteiger partial charge on any atom is -0.491 e. The first-order valence-electron chi connectivity index (χ1n) is 8.01. The van der Waals surface area contributed by atoms with E-state index < -0.39 is 0 Å². The van der Waals surface area contributed by atoms with Gasteiger partial charge in [0.05, 0.1) is 12.2 Å². The van der Waals surface area contributed by atoms with Crippen molar-refractivity contribution in [2.45, 2.75) is 6.54 Å². The van der Waals surface area contributed by atoms with E-state index in [1.165, 1.54) is 0 Å². The zero-order valence-electron chi connectivity index (χ0n) is 13.4. The lowest BCUT2D eigenvalue weighted by atomic mass is 10.1. The van der Waals surface area contributed by atoms with Gasteiger partial charge in [-0.15, -0.1) is 0 Å². The van der Waals surface area contributed by atoms with E-state index in [4.69, 9.17) is 16.3 Å². The number of carbonyl (C=O) groups excluding carboxylic acids is 1. The number of rotatable bonds is 2. The number of fused-ring (bicyclic) bond motifs is 1. The van der Waals surface area contributed by atoms with Gasteiger partial charge in [-0.25, -0.2) is 0 Å². The Balaban J connectivity index is 1.56. The molecule has 1 N–H and O–H groups in total. The summed E-state index contributed by atoms with van der Waals surface area (Å²) in [5.41, 5.74) is 3.48. The third-order valence-corrected chi connectivity index (χ3v) is 4.47. The van der Waals surface area contributed by atoms with Crippen molar-refractivity contribution in [3.8, 4) is 17.0 Å². The van der Waals surface area contributed by atoms with Crippen LogP contribution in [-0.4, -0.2) is 34.2 Å². The molecule has 2 aromatic carbocycles. The molecular weight excluding hydrogens is 338 g/mol. The summed E-state index contributed by atoms with van der Waals surface area (Å²) in [6.07, 6.45) is 1.70. The molecule has 0 saturated carbocycles. The molecule has 3 aromatic rings. The summed E-state index contributed by atoms with van der Waals surface area (Å²) in [5.74, 6) is 0.766. The second-order valence-corrected chi connectivity index (χ2v) is 6.31. The van der Waals surface area contributed by atoms with E-state index in [-0.39, 0.29) is 5.91 Å². The number of benzene rings is 2. The van der Waals surface area contributed by atoms with Crippen molar-refractivity contribution in [2.75, 3.05) is 13.2 Å². The van der Waals surface area contributed by atoms with Crippen LogP contribution in [0.5, 0.6) is 5.75 Å². The van der Waals surface area contributed by atoms with Gasteiger partial charge in [0.1, 0.15) is 12.4 Å². The molecule has 5 nitrogen and oxygen atoms in total. The third kappa shape index (κ3) is 3.23. The Labute approximate surface area is 150 Å². The number of aromatic amines is 1. The first-order chi connectivity index (χ1) is 12.2. The number of carbonyl (C=O) groups is 1. The maximum absolute atomic E-state index is 12.9. The standard InChI is InChI=1S/C19H16ClN3O2/c20-16-5-6-18-15(11-16)12-23(9-10-25-18)19(24)14-3-1-13(2-4-14)17-7-8-21-22-17/h1-8,11H,9-10,12H2,(H,21,22). The number of nitrogens with one attached hydrogen (secondary N) is 1. The van der Waals surface area contributed by atoms with Crippen molar-refractivity contribution >= 4 is 17.5 Å². The van der Waals surface area contributed by atoms with E-state index in [1.807, 2.05) is 42.5 Å². The van der Waals surface area contributed by atoms with Gasteiger partial charge >= 0.3 is 0 Å². The first-order valence-corrected chi connectivity index (χ1v) is 8.39. The Morgan fingerprint density at radius 1 is 1.16 bits per heavy atom. The number of halogens is 1. The van der Waals surface area contributed by atoms with Gasteiger partial charge in [0.25, 0.3) is 5.91 Å². The second kappa shape index (κ2) is 6.61. The molecule has 1 aromatic heterocycles. The van der Waals surface area contributed by atoms with Crippen LogP contribution in [0.15, 0.2) is 54.7 Å². The summed E-state index contributed by atoms with van der Waals surface area (Å²) in [7, 11) is 0. The van der Waals surface area contributed by atoms with E-state index in [9.17, 15) is 4.79 Å². The quantitative estimate of drug-likeness (QED) is 0.763. The van der Waals surface area contributed by atoms with Crippen molar-refractivity contribution in [3.63, 3.8) is 0 Å². The molecule has 0 fully saturated rings. The minimum absolute atomic E-state index is 0.0208. The summed E-state index contributed by atoms with van der Waals surface area (Å²) >= 11 is 6.07. The summed E-state index contributed by atoms with van der Waals surface area (Å²) in [5, 5.41) is 7.50. The highest BCUT2D eigenvalue weighted by Gasteiger charge is 2.21. The van der Waals surface area contributed by atoms with E-state index in [0.717, 1.165) is 22.6 Å². The lowest BCUT2D eigenvalue weighted by Gasteiger charge is -2.20. The van der Waals surface area contributed by atoms with Crippen LogP contribution in [0.1, 0.15) is 15.9 Å². The van der Waals surface area contributed by atoms with Crippen molar-refractivity contribution in [1.29, 1.82) is 0 Å². The van der Waals surface area contributed by atoms with Gasteiger partial charge in [-0.2, -0.15) is 5.10 Å². The maximum atomic E-state index is 12.9. The van der Waals surface area contributed by atoms with Crippen molar-refractivity contribution < 1.29 is 9.53 Å². The van der Waals surface area contributed by atoms with E-state index in [1.54, 1.807) is 17.2 Å². The van der Waals surface area contributed by atoms with Gasteiger partial charge in [0, 0.05) is 28.9 Å². The number of amides is 1. The number of aromatic nitrogens is 2. The summed E-state index contributed by atoms with van der Waals surface area (Å²) in [4.78, 5) is 14.6. The number of hydrogen-bond donors (Lipinski definition) is 1. The molecule has 0 bridgehead atoms. The summed E-state index contributed by atoms with van der Waals surface area (Å²) in [6.45, 7) is 1.48. The molecule has 6 heteroatoms. The molecular formula is C19H16ClN3O2. The predicted octanol–water partition coefficient (Wildman–Crippen LogP) is 3.76. The van der Waals surface area contributed by atoms with Crippen LogP contribution >= 0.6 is 11.6 Å². The molecule has 1 amide bonds. The molecule has 0 atom stereocenters. The largest absolute Gasteiger partial charge is 0.491 e. The van der Waals surface area contributed by atoms with Crippen LogP contribution in [0.3, 0.4) is 0 Å². The van der Waals surface area contributed by atoms with Crippen LogP contribution < -0.4 is 4.74 Å². The highest BCUT2D eigenvalue weighted by Crippen LogP contribution is 2.27. The Morgan fingerprint density at radius 3 is 2.76 bits per heavy atom. The first kappa shape index (κ1) is 15.7. The fourth-order valence-corrected chi connectivity index (χ4v) is 3.12. The lowest BCUT2D eigenvalue weighted by Crippen LogP contribution is -2.32. The molecule has 126 valence electrons. The van der Waals surface area contributed by atoms with Gasteiger partial charge in [-0.05, 0) is 42.0 Å². The van der Waals surface area contributed by atoms with E-state index >= 15 is 0 Å².